The zero-order chi connectivity index (χ0) is 22.3. The Morgan fingerprint density at radius 2 is 1.23 bits per heavy atom. The number of unbranched alkanes of at least 4 members (excludes halogenated alkanes) is 13. The molecule has 30 heavy (non-hydrogen) atoms. The maximum absolute atomic E-state index is 11.6. The molecule has 0 saturated carbocycles. The second-order valence-electron chi connectivity index (χ2n) is 8.54. The molecule has 0 heterocycles. The van der Waals surface area contributed by atoms with Crippen molar-refractivity contribution in [2.24, 2.45) is 5.92 Å². The highest BCUT2D eigenvalue weighted by atomic mass is 16.5. The predicted octanol–water partition coefficient (Wildman–Crippen LogP) is 7.85. The molecule has 1 atom stereocenters. The Morgan fingerprint density at radius 1 is 0.733 bits per heavy atom. The number of carbonyl (C=O) groups is 2. The molecule has 0 radical (unpaired) electrons. The van der Waals surface area contributed by atoms with E-state index in [0.717, 1.165) is 32.1 Å². The molecular formula is C26H48O4. The largest absolute Gasteiger partial charge is 0.481 e. The fraction of sp³-hybridized carbons (Fsp3) is 0.846. The molecule has 4 heteroatoms. The molecule has 4 nitrogen and oxygen atoms in total. The van der Waals surface area contributed by atoms with Gasteiger partial charge in [-0.3, -0.25) is 9.59 Å². The Balaban J connectivity index is 3.49. The Hall–Kier alpha value is -1.32. The molecule has 0 bridgehead atoms. The zero-order valence-corrected chi connectivity index (χ0v) is 19.8. The predicted molar refractivity (Wildman–Crippen MR) is 126 cm³/mol. The van der Waals surface area contributed by atoms with Crippen LogP contribution in [0.5, 0.6) is 0 Å². The van der Waals surface area contributed by atoms with Crippen molar-refractivity contribution in [3.63, 3.8) is 0 Å². The third kappa shape index (κ3) is 20.0. The molecule has 0 aromatic heterocycles. The van der Waals surface area contributed by atoms with Gasteiger partial charge in [-0.15, -0.1) is 0 Å². The van der Waals surface area contributed by atoms with Crippen molar-refractivity contribution in [1.82, 2.24) is 0 Å². The van der Waals surface area contributed by atoms with Crippen molar-refractivity contribution in [2.75, 3.05) is 6.61 Å². The highest BCUT2D eigenvalue weighted by Crippen LogP contribution is 2.17. The van der Waals surface area contributed by atoms with Crippen LogP contribution in [0.4, 0.5) is 0 Å². The van der Waals surface area contributed by atoms with Crippen LogP contribution in [-0.2, 0) is 14.3 Å². The number of hydrogen-bond donors (Lipinski definition) is 1. The van der Waals surface area contributed by atoms with E-state index < -0.39 is 11.9 Å². The molecular weight excluding hydrogens is 376 g/mol. The Kier molecular flexibility index (Phi) is 21.4. The van der Waals surface area contributed by atoms with Gasteiger partial charge in [0.05, 0.1) is 18.9 Å². The average Bonchev–Trinajstić information content (AvgIpc) is 2.73. The number of carbonyl (C=O) groups excluding carboxylic acids is 1. The van der Waals surface area contributed by atoms with Crippen LogP contribution in [0.1, 0.15) is 129 Å². The Labute approximate surface area is 185 Å². The summed E-state index contributed by atoms with van der Waals surface area (Å²) < 4.78 is 5.00. The van der Waals surface area contributed by atoms with Gasteiger partial charge >= 0.3 is 11.9 Å². The fourth-order valence-electron chi connectivity index (χ4n) is 3.60. The summed E-state index contributed by atoms with van der Waals surface area (Å²) in [6.07, 6.45) is 24.8. The van der Waals surface area contributed by atoms with Gasteiger partial charge in [0, 0.05) is 0 Å². The minimum atomic E-state index is -0.884. The maximum atomic E-state index is 11.6. The summed E-state index contributed by atoms with van der Waals surface area (Å²) in [5.74, 6) is -1.87. The van der Waals surface area contributed by atoms with Gasteiger partial charge in [-0.2, -0.15) is 0 Å². The number of aliphatic carboxylic acids is 1. The monoisotopic (exact) mass is 424 g/mol. The molecule has 0 aliphatic rings. The lowest BCUT2D eigenvalue weighted by atomic mass is 9.97. The van der Waals surface area contributed by atoms with Gasteiger partial charge in [-0.05, 0) is 38.5 Å². The van der Waals surface area contributed by atoms with Crippen LogP contribution < -0.4 is 0 Å². The lowest BCUT2D eigenvalue weighted by Gasteiger charge is -2.11. The van der Waals surface area contributed by atoms with Crippen molar-refractivity contribution < 1.29 is 19.4 Å². The van der Waals surface area contributed by atoms with Gasteiger partial charge < -0.3 is 9.84 Å². The van der Waals surface area contributed by atoms with Crippen molar-refractivity contribution in [1.29, 1.82) is 0 Å². The van der Waals surface area contributed by atoms with E-state index in [1.54, 1.807) is 0 Å². The Bertz CT molecular complexity index is 431. The molecule has 0 aromatic carbocycles. The van der Waals surface area contributed by atoms with E-state index in [2.05, 4.69) is 19.1 Å². The molecule has 0 spiro atoms. The summed E-state index contributed by atoms with van der Waals surface area (Å²) >= 11 is 0. The highest BCUT2D eigenvalue weighted by Gasteiger charge is 2.21. The number of rotatable bonds is 22. The van der Waals surface area contributed by atoms with E-state index in [1.807, 2.05) is 6.92 Å². The summed E-state index contributed by atoms with van der Waals surface area (Å²) in [5.41, 5.74) is 0. The molecule has 0 fully saturated rings. The first-order valence-electron chi connectivity index (χ1n) is 12.6. The van der Waals surface area contributed by atoms with E-state index in [-0.39, 0.29) is 12.4 Å². The van der Waals surface area contributed by atoms with Crippen LogP contribution in [0.15, 0.2) is 12.2 Å². The van der Waals surface area contributed by atoms with E-state index >= 15 is 0 Å². The van der Waals surface area contributed by atoms with Crippen LogP contribution >= 0.6 is 0 Å². The zero-order valence-electron chi connectivity index (χ0n) is 19.8. The second kappa shape index (κ2) is 22.4. The van der Waals surface area contributed by atoms with Gasteiger partial charge in [-0.1, -0.05) is 96.6 Å². The van der Waals surface area contributed by atoms with Gasteiger partial charge in [0.1, 0.15) is 0 Å². The van der Waals surface area contributed by atoms with E-state index in [9.17, 15) is 14.7 Å². The van der Waals surface area contributed by atoms with Crippen molar-refractivity contribution >= 4 is 11.9 Å². The lowest BCUT2D eigenvalue weighted by molar-refractivity contribution is -0.151. The van der Waals surface area contributed by atoms with Crippen molar-refractivity contribution in [2.45, 2.75) is 129 Å². The van der Waals surface area contributed by atoms with Crippen LogP contribution in [0.3, 0.4) is 0 Å². The SMILES string of the molecule is CCCCCCCCCC/C=C/CCCCCCCC(CC(=O)OCCC)C(=O)O. The fourth-order valence-corrected chi connectivity index (χ4v) is 3.60. The standard InChI is InChI=1S/C26H48O4/c1-3-5-6-7-8-9-10-11-12-13-14-15-16-17-18-19-20-21-24(26(28)29)23-25(27)30-22-4-2/h13-14,24H,3-12,15-23H2,1-2H3,(H,28,29)/b14-13+. The number of esters is 1. The van der Waals surface area contributed by atoms with Crippen LogP contribution in [-0.4, -0.2) is 23.7 Å². The molecule has 0 aliphatic heterocycles. The third-order valence-corrected chi connectivity index (χ3v) is 5.54. The van der Waals surface area contributed by atoms with Gasteiger partial charge in [0.2, 0.25) is 0 Å². The minimum Gasteiger partial charge on any atom is -0.481 e. The molecule has 0 aromatic rings. The van der Waals surface area contributed by atoms with Crippen LogP contribution in [0.25, 0.3) is 0 Å². The van der Waals surface area contributed by atoms with Gasteiger partial charge in [-0.25, -0.2) is 0 Å². The molecule has 0 saturated heterocycles. The van der Waals surface area contributed by atoms with Crippen LogP contribution in [0.2, 0.25) is 0 Å². The van der Waals surface area contributed by atoms with Crippen LogP contribution in [0, 0.1) is 5.92 Å². The molecule has 176 valence electrons. The second-order valence-corrected chi connectivity index (χ2v) is 8.54. The van der Waals surface area contributed by atoms with E-state index in [0.29, 0.717) is 13.0 Å². The average molecular weight is 425 g/mol. The number of allylic oxidation sites excluding steroid dienone is 2. The van der Waals surface area contributed by atoms with Gasteiger partial charge in [0.15, 0.2) is 0 Å². The number of carboxylic acids is 1. The maximum Gasteiger partial charge on any atom is 0.307 e. The van der Waals surface area contributed by atoms with Crippen molar-refractivity contribution in [3.05, 3.63) is 12.2 Å². The number of hydrogen-bond acceptors (Lipinski definition) is 3. The molecule has 1 unspecified atom stereocenters. The normalized spacial score (nSPS) is 12.3. The van der Waals surface area contributed by atoms with E-state index in [1.165, 1.54) is 70.6 Å². The first-order chi connectivity index (χ1) is 14.6. The molecule has 0 aliphatic carbocycles. The highest BCUT2D eigenvalue weighted by molar-refractivity contribution is 5.78. The van der Waals surface area contributed by atoms with Gasteiger partial charge in [0.25, 0.3) is 0 Å². The minimum absolute atomic E-state index is 0.00101. The van der Waals surface area contributed by atoms with E-state index in [4.69, 9.17) is 4.74 Å². The number of ether oxygens (including phenoxy) is 1. The first kappa shape index (κ1) is 28.7. The molecule has 1 N–H and O–H groups in total. The summed E-state index contributed by atoms with van der Waals surface area (Å²) in [6.45, 7) is 4.56. The smallest absolute Gasteiger partial charge is 0.307 e. The summed E-state index contributed by atoms with van der Waals surface area (Å²) in [4.78, 5) is 22.9. The molecule has 0 amide bonds. The first-order valence-corrected chi connectivity index (χ1v) is 12.6. The summed E-state index contributed by atoms with van der Waals surface area (Å²) in [7, 11) is 0. The topological polar surface area (TPSA) is 63.6 Å². The molecule has 0 rings (SSSR count). The Morgan fingerprint density at radius 3 is 1.73 bits per heavy atom. The van der Waals surface area contributed by atoms with Crippen molar-refractivity contribution in [3.8, 4) is 0 Å². The lowest BCUT2D eigenvalue weighted by Crippen LogP contribution is -2.19. The summed E-state index contributed by atoms with van der Waals surface area (Å²) in [5, 5.41) is 9.27. The quantitative estimate of drug-likeness (QED) is 0.109. The summed E-state index contributed by atoms with van der Waals surface area (Å²) in [6, 6.07) is 0. The third-order valence-electron chi connectivity index (χ3n) is 5.54. The number of carboxylic acid groups (broad SMARTS) is 1.